The number of aliphatic hydroxyl groups excluding tert-OH is 1. The van der Waals surface area contributed by atoms with Crippen molar-refractivity contribution in [3.63, 3.8) is 0 Å². The molecule has 0 bridgehead atoms. The van der Waals surface area contributed by atoms with Gasteiger partial charge in [-0.3, -0.25) is 10.1 Å². The fourth-order valence-electron chi connectivity index (χ4n) is 2.51. The minimum atomic E-state index is -0.277. The van der Waals surface area contributed by atoms with E-state index in [9.17, 15) is 15.2 Å². The standard InChI is InChI=1S/C12H16N2O3/c15-9-12-7-6-11(8-13(16)17)14(12)10-4-2-1-3-5-10/h1-5,11-12,15H,6-9H2/t11?,12-/m0/s1. The van der Waals surface area contributed by atoms with Crippen molar-refractivity contribution in [2.24, 2.45) is 0 Å². The fraction of sp³-hybridized carbons (Fsp3) is 0.500. The number of hydrogen-bond donors (Lipinski definition) is 1. The number of para-hydroxylation sites is 1. The maximum absolute atomic E-state index is 10.6. The molecule has 0 saturated carbocycles. The van der Waals surface area contributed by atoms with Crippen molar-refractivity contribution in [2.75, 3.05) is 18.1 Å². The van der Waals surface area contributed by atoms with Crippen LogP contribution in [0.3, 0.4) is 0 Å². The molecule has 1 aliphatic heterocycles. The van der Waals surface area contributed by atoms with E-state index in [0.29, 0.717) is 0 Å². The lowest BCUT2D eigenvalue weighted by molar-refractivity contribution is -0.482. The van der Waals surface area contributed by atoms with Gasteiger partial charge < -0.3 is 10.0 Å². The number of benzene rings is 1. The third kappa shape index (κ3) is 2.55. The Bertz CT molecular complexity index is 383. The Kier molecular flexibility index (Phi) is 3.58. The van der Waals surface area contributed by atoms with Crippen LogP contribution in [0.25, 0.3) is 0 Å². The molecule has 0 amide bonds. The van der Waals surface area contributed by atoms with E-state index in [0.717, 1.165) is 18.5 Å². The monoisotopic (exact) mass is 236 g/mol. The summed E-state index contributed by atoms with van der Waals surface area (Å²) in [6.07, 6.45) is 1.57. The van der Waals surface area contributed by atoms with Gasteiger partial charge in [-0.15, -0.1) is 0 Å². The van der Waals surface area contributed by atoms with Crippen molar-refractivity contribution in [2.45, 2.75) is 24.9 Å². The van der Waals surface area contributed by atoms with E-state index in [1.54, 1.807) is 0 Å². The largest absolute Gasteiger partial charge is 0.394 e. The molecule has 1 N–H and O–H groups in total. The second-order valence-corrected chi connectivity index (χ2v) is 4.33. The molecule has 0 aromatic heterocycles. The van der Waals surface area contributed by atoms with Crippen molar-refractivity contribution >= 4 is 5.69 Å². The first-order valence-corrected chi connectivity index (χ1v) is 5.78. The Morgan fingerprint density at radius 1 is 1.29 bits per heavy atom. The summed E-state index contributed by atoms with van der Waals surface area (Å²) in [4.78, 5) is 12.4. The lowest BCUT2D eigenvalue weighted by Gasteiger charge is -2.29. The average molecular weight is 236 g/mol. The highest BCUT2D eigenvalue weighted by Gasteiger charge is 2.35. The number of nitrogens with zero attached hydrogens (tertiary/aromatic N) is 2. The van der Waals surface area contributed by atoms with E-state index in [1.807, 2.05) is 35.2 Å². The minimum absolute atomic E-state index is 0.00218. The van der Waals surface area contributed by atoms with Crippen molar-refractivity contribution in [1.82, 2.24) is 0 Å². The molecule has 1 fully saturated rings. The Hall–Kier alpha value is -1.62. The van der Waals surface area contributed by atoms with E-state index in [2.05, 4.69) is 0 Å². The number of anilines is 1. The quantitative estimate of drug-likeness (QED) is 0.632. The predicted octanol–water partition coefficient (Wildman–Crippen LogP) is 1.29. The van der Waals surface area contributed by atoms with Crippen LogP contribution >= 0.6 is 0 Å². The van der Waals surface area contributed by atoms with Crippen LogP contribution in [0.15, 0.2) is 30.3 Å². The van der Waals surface area contributed by atoms with Crippen molar-refractivity contribution in [1.29, 1.82) is 0 Å². The zero-order chi connectivity index (χ0) is 12.3. The van der Waals surface area contributed by atoms with E-state index < -0.39 is 0 Å². The molecule has 1 aromatic carbocycles. The van der Waals surface area contributed by atoms with Gasteiger partial charge in [-0.1, -0.05) is 18.2 Å². The molecule has 0 radical (unpaired) electrons. The van der Waals surface area contributed by atoms with Gasteiger partial charge in [-0.05, 0) is 25.0 Å². The highest BCUT2D eigenvalue weighted by Crippen LogP contribution is 2.30. The van der Waals surface area contributed by atoms with Crippen LogP contribution in [0.5, 0.6) is 0 Å². The van der Waals surface area contributed by atoms with Gasteiger partial charge in [0.2, 0.25) is 6.54 Å². The highest BCUT2D eigenvalue weighted by molar-refractivity contribution is 5.49. The van der Waals surface area contributed by atoms with Gasteiger partial charge in [0.15, 0.2) is 0 Å². The molecular weight excluding hydrogens is 220 g/mol. The summed E-state index contributed by atoms with van der Waals surface area (Å²) in [7, 11) is 0. The normalized spacial score (nSPS) is 23.9. The van der Waals surface area contributed by atoms with Crippen molar-refractivity contribution in [3.8, 4) is 0 Å². The SMILES string of the molecule is O=[N+]([O-])CC1CC[C@@H](CO)N1c1ccccc1. The van der Waals surface area contributed by atoms with E-state index >= 15 is 0 Å². The summed E-state index contributed by atoms with van der Waals surface area (Å²) in [6.45, 7) is -0.0193. The molecule has 2 atom stereocenters. The highest BCUT2D eigenvalue weighted by atomic mass is 16.6. The first-order chi connectivity index (χ1) is 8.22. The third-order valence-electron chi connectivity index (χ3n) is 3.24. The topological polar surface area (TPSA) is 66.6 Å². The average Bonchev–Trinajstić information content (AvgIpc) is 2.72. The minimum Gasteiger partial charge on any atom is -0.394 e. The van der Waals surface area contributed by atoms with Crippen LogP contribution in [-0.2, 0) is 0 Å². The van der Waals surface area contributed by atoms with Crippen LogP contribution in [0.1, 0.15) is 12.8 Å². The van der Waals surface area contributed by atoms with E-state index in [1.165, 1.54) is 0 Å². The Morgan fingerprint density at radius 3 is 2.53 bits per heavy atom. The first kappa shape index (κ1) is 11.9. The van der Waals surface area contributed by atoms with E-state index in [-0.39, 0.29) is 30.2 Å². The lowest BCUT2D eigenvalue weighted by atomic mass is 10.2. The smallest absolute Gasteiger partial charge is 0.223 e. The maximum Gasteiger partial charge on any atom is 0.223 e. The number of rotatable bonds is 4. The van der Waals surface area contributed by atoms with Gasteiger partial charge in [-0.2, -0.15) is 0 Å². The van der Waals surface area contributed by atoms with E-state index in [4.69, 9.17) is 0 Å². The molecule has 1 unspecified atom stereocenters. The molecule has 5 nitrogen and oxygen atoms in total. The van der Waals surface area contributed by atoms with Gasteiger partial charge in [0, 0.05) is 10.6 Å². The number of nitro groups is 1. The summed E-state index contributed by atoms with van der Waals surface area (Å²) in [5.41, 5.74) is 0.955. The van der Waals surface area contributed by atoms with Gasteiger partial charge in [-0.25, -0.2) is 0 Å². The Morgan fingerprint density at radius 2 is 1.94 bits per heavy atom. The summed E-state index contributed by atoms with van der Waals surface area (Å²) >= 11 is 0. The molecule has 1 heterocycles. The molecular formula is C12H16N2O3. The Labute approximate surface area is 99.8 Å². The van der Waals surface area contributed by atoms with Crippen LogP contribution in [-0.4, -0.2) is 35.3 Å². The second kappa shape index (κ2) is 5.14. The van der Waals surface area contributed by atoms with Crippen molar-refractivity contribution < 1.29 is 10.0 Å². The summed E-state index contributed by atoms with van der Waals surface area (Å²) in [6, 6.07) is 9.49. The lowest BCUT2D eigenvalue weighted by Crippen LogP contribution is -2.41. The zero-order valence-corrected chi connectivity index (χ0v) is 9.53. The van der Waals surface area contributed by atoms with Crippen LogP contribution in [0, 0.1) is 10.1 Å². The van der Waals surface area contributed by atoms with Crippen LogP contribution in [0.2, 0.25) is 0 Å². The molecule has 1 aliphatic rings. The third-order valence-corrected chi connectivity index (χ3v) is 3.24. The van der Waals surface area contributed by atoms with Gasteiger partial charge in [0.05, 0.1) is 18.7 Å². The fourth-order valence-corrected chi connectivity index (χ4v) is 2.51. The molecule has 0 spiro atoms. The molecule has 0 aliphatic carbocycles. The zero-order valence-electron chi connectivity index (χ0n) is 9.53. The number of hydrogen-bond acceptors (Lipinski definition) is 4. The summed E-state index contributed by atoms with van der Waals surface area (Å²) < 4.78 is 0. The predicted molar refractivity (Wildman–Crippen MR) is 64.7 cm³/mol. The number of aliphatic hydroxyl groups is 1. The first-order valence-electron chi connectivity index (χ1n) is 5.78. The summed E-state index contributed by atoms with van der Waals surface area (Å²) in [5, 5.41) is 20.0. The molecule has 92 valence electrons. The molecule has 5 heteroatoms. The summed E-state index contributed by atoms with van der Waals surface area (Å²) in [5.74, 6) is 0. The van der Waals surface area contributed by atoms with Crippen molar-refractivity contribution in [3.05, 3.63) is 40.4 Å². The van der Waals surface area contributed by atoms with Crippen LogP contribution in [0.4, 0.5) is 5.69 Å². The molecule has 1 saturated heterocycles. The molecule has 2 rings (SSSR count). The van der Waals surface area contributed by atoms with Gasteiger partial charge in [0.1, 0.15) is 0 Å². The van der Waals surface area contributed by atoms with Gasteiger partial charge >= 0.3 is 0 Å². The van der Waals surface area contributed by atoms with Crippen LogP contribution < -0.4 is 4.90 Å². The second-order valence-electron chi connectivity index (χ2n) is 4.33. The maximum atomic E-state index is 10.6. The molecule has 17 heavy (non-hydrogen) atoms. The Balaban J connectivity index is 2.21. The van der Waals surface area contributed by atoms with Gasteiger partial charge in [0.25, 0.3) is 0 Å². The molecule has 1 aromatic rings.